The summed E-state index contributed by atoms with van der Waals surface area (Å²) in [4.78, 5) is 13.0. The second kappa shape index (κ2) is 5.09. The summed E-state index contributed by atoms with van der Waals surface area (Å²) in [6.45, 7) is 0.0742. The number of fused-ring (bicyclic) bond motifs is 1. The lowest BCUT2D eigenvalue weighted by Crippen LogP contribution is -2.64. The highest BCUT2D eigenvalue weighted by molar-refractivity contribution is 6.07. The zero-order chi connectivity index (χ0) is 16.9. The van der Waals surface area contributed by atoms with Crippen molar-refractivity contribution in [1.29, 1.82) is 0 Å². The summed E-state index contributed by atoms with van der Waals surface area (Å²) in [6, 6.07) is 9.58. The smallest absolute Gasteiger partial charge is 0.349 e. The maximum absolute atomic E-state index is 14.2. The Morgan fingerprint density at radius 1 is 1.12 bits per heavy atom. The van der Waals surface area contributed by atoms with E-state index in [1.165, 1.54) is 25.3 Å². The molecule has 4 rings (SSSR count). The first kappa shape index (κ1) is 14.7. The molecule has 1 atom stereocenters. The minimum Gasteiger partial charge on any atom is -0.497 e. The third kappa shape index (κ3) is 2.01. The number of ether oxygens (including phenoxy) is 3. The first-order chi connectivity index (χ1) is 11.5. The van der Waals surface area contributed by atoms with E-state index in [0.29, 0.717) is 28.5 Å². The number of benzene rings is 2. The maximum atomic E-state index is 14.2. The van der Waals surface area contributed by atoms with Crippen molar-refractivity contribution in [3.05, 3.63) is 48.0 Å². The summed E-state index contributed by atoms with van der Waals surface area (Å²) in [5.74, 6) is -3.17. The largest absolute Gasteiger partial charge is 0.497 e. The van der Waals surface area contributed by atoms with Crippen LogP contribution in [-0.4, -0.2) is 25.7 Å². The van der Waals surface area contributed by atoms with E-state index in [4.69, 9.17) is 14.2 Å². The number of alkyl halides is 2. The van der Waals surface area contributed by atoms with Gasteiger partial charge in [-0.1, -0.05) is 12.1 Å². The first-order valence-electron chi connectivity index (χ1n) is 7.27. The van der Waals surface area contributed by atoms with Gasteiger partial charge in [-0.3, -0.25) is 9.69 Å². The van der Waals surface area contributed by atoms with Crippen molar-refractivity contribution in [2.45, 2.75) is 12.0 Å². The number of carbonyl (C=O) groups is 1. The summed E-state index contributed by atoms with van der Waals surface area (Å²) in [7, 11) is 1.50. The summed E-state index contributed by atoms with van der Waals surface area (Å²) >= 11 is 0. The molecule has 0 saturated carbocycles. The second-order valence-corrected chi connectivity index (χ2v) is 5.51. The van der Waals surface area contributed by atoms with Crippen LogP contribution < -0.4 is 19.1 Å². The molecule has 7 heteroatoms. The zero-order valence-electron chi connectivity index (χ0n) is 12.7. The van der Waals surface area contributed by atoms with E-state index in [9.17, 15) is 13.6 Å². The van der Waals surface area contributed by atoms with Gasteiger partial charge >= 0.3 is 11.8 Å². The van der Waals surface area contributed by atoms with Gasteiger partial charge in [0.2, 0.25) is 6.79 Å². The van der Waals surface area contributed by atoms with E-state index in [-0.39, 0.29) is 6.79 Å². The van der Waals surface area contributed by atoms with Crippen LogP contribution in [0.1, 0.15) is 11.6 Å². The van der Waals surface area contributed by atoms with Gasteiger partial charge in [-0.2, -0.15) is 8.78 Å². The van der Waals surface area contributed by atoms with Crippen molar-refractivity contribution in [2.24, 2.45) is 0 Å². The van der Waals surface area contributed by atoms with Crippen LogP contribution in [0.5, 0.6) is 17.2 Å². The number of rotatable bonds is 3. The number of amides is 1. The van der Waals surface area contributed by atoms with E-state index < -0.39 is 17.9 Å². The van der Waals surface area contributed by atoms with Gasteiger partial charge in [0.25, 0.3) is 0 Å². The van der Waals surface area contributed by atoms with Crippen molar-refractivity contribution in [3.63, 3.8) is 0 Å². The second-order valence-electron chi connectivity index (χ2n) is 5.51. The number of halogens is 2. The number of methoxy groups -OCH3 is 1. The average Bonchev–Trinajstić information content (AvgIpc) is 3.06. The molecule has 2 aromatic carbocycles. The Labute approximate surface area is 136 Å². The van der Waals surface area contributed by atoms with Crippen molar-refractivity contribution < 1.29 is 27.8 Å². The van der Waals surface area contributed by atoms with Gasteiger partial charge < -0.3 is 14.2 Å². The lowest BCUT2D eigenvalue weighted by atomic mass is 9.89. The quantitative estimate of drug-likeness (QED) is 0.810. The summed E-state index contributed by atoms with van der Waals surface area (Å²) in [5.41, 5.74) is 0.675. The number of hydrogen-bond donors (Lipinski definition) is 0. The van der Waals surface area contributed by atoms with Crippen LogP contribution in [0.3, 0.4) is 0 Å². The van der Waals surface area contributed by atoms with Crippen molar-refractivity contribution >= 4 is 11.6 Å². The molecule has 0 radical (unpaired) electrons. The molecule has 2 aliphatic rings. The molecule has 1 saturated heterocycles. The summed E-state index contributed by atoms with van der Waals surface area (Å²) in [6.07, 6.45) is 0. The highest BCUT2D eigenvalue weighted by Gasteiger charge is 2.64. The van der Waals surface area contributed by atoms with Crippen LogP contribution in [0.25, 0.3) is 0 Å². The van der Waals surface area contributed by atoms with Crippen LogP contribution in [0.15, 0.2) is 42.5 Å². The molecule has 124 valence electrons. The molecule has 0 aliphatic carbocycles. The fourth-order valence-corrected chi connectivity index (χ4v) is 2.94. The van der Waals surface area contributed by atoms with Crippen LogP contribution >= 0.6 is 0 Å². The Morgan fingerprint density at radius 3 is 2.54 bits per heavy atom. The van der Waals surface area contributed by atoms with Gasteiger partial charge in [0.15, 0.2) is 11.5 Å². The lowest BCUT2D eigenvalue weighted by Gasteiger charge is -2.46. The average molecular weight is 333 g/mol. The van der Waals surface area contributed by atoms with E-state index in [0.717, 1.165) is 4.90 Å². The minimum absolute atomic E-state index is 0.0742. The Hall–Kier alpha value is -2.83. The molecule has 2 aromatic rings. The maximum Gasteiger partial charge on any atom is 0.349 e. The number of hydrogen-bond acceptors (Lipinski definition) is 4. The standard InChI is InChI=1S/C17H13F2NO4/c1-22-12-5-2-10(3-6-12)15-17(18,19)16(21)20(15)11-4-7-13-14(8-11)24-9-23-13/h2-8,15H,9H2,1H3. The molecular formula is C17H13F2NO4. The number of anilines is 1. The third-order valence-electron chi connectivity index (χ3n) is 4.17. The van der Waals surface area contributed by atoms with Crippen LogP contribution in [0, 0.1) is 0 Å². The number of β-lactam (4-membered cyclic amide) rings is 1. The molecule has 5 nitrogen and oxygen atoms in total. The molecule has 2 aliphatic heterocycles. The summed E-state index contributed by atoms with van der Waals surface area (Å²) in [5, 5.41) is 0. The predicted octanol–water partition coefficient (Wildman–Crippen LogP) is 3.15. The van der Waals surface area contributed by atoms with E-state index >= 15 is 0 Å². The number of nitrogens with zero attached hydrogens (tertiary/aromatic N) is 1. The van der Waals surface area contributed by atoms with E-state index in [1.807, 2.05) is 0 Å². The summed E-state index contributed by atoms with van der Waals surface area (Å²) < 4.78 is 43.9. The molecule has 1 amide bonds. The Balaban J connectivity index is 1.72. The topological polar surface area (TPSA) is 48.0 Å². The fourth-order valence-electron chi connectivity index (χ4n) is 2.94. The van der Waals surface area contributed by atoms with E-state index in [2.05, 4.69) is 0 Å². The van der Waals surface area contributed by atoms with Crippen LogP contribution in [0.4, 0.5) is 14.5 Å². The Bertz CT molecular complexity index is 807. The highest BCUT2D eigenvalue weighted by Crippen LogP contribution is 2.51. The van der Waals surface area contributed by atoms with Crippen molar-refractivity contribution in [1.82, 2.24) is 0 Å². The van der Waals surface area contributed by atoms with Crippen LogP contribution in [0.2, 0.25) is 0 Å². The molecule has 0 spiro atoms. The highest BCUT2D eigenvalue weighted by atomic mass is 19.3. The molecule has 0 N–H and O–H groups in total. The molecule has 1 unspecified atom stereocenters. The van der Waals surface area contributed by atoms with E-state index in [1.54, 1.807) is 24.3 Å². The van der Waals surface area contributed by atoms with Gasteiger partial charge in [-0.25, -0.2) is 0 Å². The van der Waals surface area contributed by atoms with Gasteiger partial charge in [0.1, 0.15) is 11.8 Å². The zero-order valence-corrected chi connectivity index (χ0v) is 12.7. The molecule has 0 aromatic heterocycles. The molecule has 2 heterocycles. The van der Waals surface area contributed by atoms with Gasteiger partial charge in [0.05, 0.1) is 7.11 Å². The van der Waals surface area contributed by atoms with Gasteiger partial charge in [-0.15, -0.1) is 0 Å². The van der Waals surface area contributed by atoms with Gasteiger partial charge in [0, 0.05) is 11.8 Å². The Kier molecular flexibility index (Phi) is 3.13. The molecule has 0 bridgehead atoms. The Morgan fingerprint density at radius 2 is 1.83 bits per heavy atom. The van der Waals surface area contributed by atoms with Crippen molar-refractivity contribution in [2.75, 3.05) is 18.8 Å². The minimum atomic E-state index is -3.45. The lowest BCUT2D eigenvalue weighted by molar-refractivity contribution is -0.162. The number of carbonyl (C=O) groups excluding carboxylic acids is 1. The normalized spacial score (nSPS) is 20.7. The van der Waals surface area contributed by atoms with Crippen molar-refractivity contribution in [3.8, 4) is 17.2 Å². The fraction of sp³-hybridized carbons (Fsp3) is 0.235. The molecule has 1 fully saturated rings. The predicted molar refractivity (Wildman–Crippen MR) is 80.7 cm³/mol. The molecule has 24 heavy (non-hydrogen) atoms. The van der Waals surface area contributed by atoms with Gasteiger partial charge in [-0.05, 0) is 29.8 Å². The third-order valence-corrected chi connectivity index (χ3v) is 4.17. The SMILES string of the molecule is COc1ccc(C2N(c3ccc4c(c3)OCO4)C(=O)C2(F)F)cc1. The first-order valence-corrected chi connectivity index (χ1v) is 7.27. The molecular weight excluding hydrogens is 320 g/mol. The monoisotopic (exact) mass is 333 g/mol. The van der Waals surface area contributed by atoms with Crippen LogP contribution in [-0.2, 0) is 4.79 Å².